The van der Waals surface area contributed by atoms with Gasteiger partial charge in [0.1, 0.15) is 12.3 Å². The normalized spacial score (nSPS) is 17.1. The van der Waals surface area contributed by atoms with Crippen molar-refractivity contribution >= 4 is 28.8 Å². The van der Waals surface area contributed by atoms with Gasteiger partial charge in [-0.05, 0) is 31.9 Å². The topological polar surface area (TPSA) is 105 Å². The molecule has 1 aliphatic heterocycles. The maximum atomic E-state index is 12.5. The highest BCUT2D eigenvalue weighted by Gasteiger charge is 2.33. The van der Waals surface area contributed by atoms with E-state index < -0.39 is 11.9 Å². The third-order valence-electron chi connectivity index (χ3n) is 4.90. The Morgan fingerprint density at radius 1 is 1.33 bits per heavy atom. The summed E-state index contributed by atoms with van der Waals surface area (Å²) < 4.78 is 10.3. The minimum atomic E-state index is -1.24. The van der Waals surface area contributed by atoms with Crippen molar-refractivity contribution in [2.24, 2.45) is 5.92 Å². The number of esters is 2. The summed E-state index contributed by atoms with van der Waals surface area (Å²) in [5, 5.41) is 9.72. The van der Waals surface area contributed by atoms with Crippen LogP contribution in [0.3, 0.4) is 0 Å². The van der Waals surface area contributed by atoms with Crippen molar-refractivity contribution in [1.82, 2.24) is 9.97 Å². The third-order valence-corrected chi connectivity index (χ3v) is 4.90. The van der Waals surface area contributed by atoms with Gasteiger partial charge < -0.3 is 14.4 Å². The van der Waals surface area contributed by atoms with E-state index >= 15 is 0 Å². The third kappa shape index (κ3) is 4.57. The van der Waals surface area contributed by atoms with Gasteiger partial charge >= 0.3 is 11.9 Å². The smallest absolute Gasteiger partial charge is 0.330 e. The van der Waals surface area contributed by atoms with E-state index in [0.29, 0.717) is 43.0 Å². The summed E-state index contributed by atoms with van der Waals surface area (Å²) in [6.07, 6.45) is 2.91. The van der Waals surface area contributed by atoms with Crippen LogP contribution in [0.2, 0.25) is 0 Å². The molecule has 0 aliphatic carbocycles. The molecule has 3 rings (SSSR count). The summed E-state index contributed by atoms with van der Waals surface area (Å²) in [7, 11) is 0. The predicted molar refractivity (Wildman–Crippen MR) is 111 cm³/mol. The average molecular weight is 408 g/mol. The quantitative estimate of drug-likeness (QED) is 0.509. The zero-order chi connectivity index (χ0) is 21.5. The zero-order valence-corrected chi connectivity index (χ0v) is 16.9. The van der Waals surface area contributed by atoms with Crippen LogP contribution in [0.25, 0.3) is 11.0 Å². The number of nitrogens with zero attached hydrogens (tertiary/aromatic N) is 4. The number of carbonyl (C=O) groups excluding carboxylic acids is 2. The van der Waals surface area contributed by atoms with Gasteiger partial charge in [-0.15, -0.1) is 0 Å². The number of rotatable bonds is 7. The van der Waals surface area contributed by atoms with E-state index in [1.54, 1.807) is 13.0 Å². The molecular weight excluding hydrogens is 384 g/mol. The first-order chi connectivity index (χ1) is 14.6. The Morgan fingerprint density at radius 3 is 2.73 bits per heavy atom. The summed E-state index contributed by atoms with van der Waals surface area (Å²) in [6, 6.07) is 9.25. The van der Waals surface area contributed by atoms with Gasteiger partial charge in [0.2, 0.25) is 0 Å². The Balaban J connectivity index is 2.02. The molecule has 1 aromatic carbocycles. The fraction of sp³-hybridized carbons (Fsp3) is 0.409. The standard InChI is InChI=1S/C22H24N4O4/c1-3-12-30-22(28)16(13-23)19-20(25-18-10-6-5-9-17(18)24-19)26-11-7-8-15(14-26)21(27)29-4-2/h3,5-6,9-10,15-16H,1,4,7-8,11-12,14H2,2H3/t15-,16+/m0/s1. The molecular formula is C22H24N4O4. The highest BCUT2D eigenvalue weighted by Crippen LogP contribution is 2.31. The lowest BCUT2D eigenvalue weighted by Gasteiger charge is -2.33. The van der Waals surface area contributed by atoms with Gasteiger partial charge in [0.05, 0.1) is 29.6 Å². The van der Waals surface area contributed by atoms with Crippen LogP contribution in [0.1, 0.15) is 31.4 Å². The summed E-state index contributed by atoms with van der Waals surface area (Å²) in [6.45, 7) is 6.64. The van der Waals surface area contributed by atoms with Gasteiger partial charge in [-0.25, -0.2) is 9.97 Å². The molecule has 1 saturated heterocycles. The fourth-order valence-electron chi connectivity index (χ4n) is 3.50. The van der Waals surface area contributed by atoms with E-state index in [1.165, 1.54) is 6.08 Å². The van der Waals surface area contributed by atoms with Crippen molar-refractivity contribution in [3.63, 3.8) is 0 Å². The number of fused-ring (bicyclic) bond motifs is 1. The Kier molecular flexibility index (Phi) is 6.96. The lowest BCUT2D eigenvalue weighted by Crippen LogP contribution is -2.40. The summed E-state index contributed by atoms with van der Waals surface area (Å²) in [5.41, 5.74) is 1.45. The maximum Gasteiger partial charge on any atom is 0.330 e. The van der Waals surface area contributed by atoms with Crippen LogP contribution in [0.4, 0.5) is 5.82 Å². The van der Waals surface area contributed by atoms with Crippen LogP contribution in [0, 0.1) is 17.2 Å². The van der Waals surface area contributed by atoms with E-state index in [-0.39, 0.29) is 24.2 Å². The SMILES string of the molecule is C=CCOC(=O)[C@H](C#N)c1nc2ccccc2nc1N1CCC[C@H](C(=O)OCC)C1. The van der Waals surface area contributed by atoms with Crippen LogP contribution in [-0.2, 0) is 19.1 Å². The van der Waals surface area contributed by atoms with Crippen molar-refractivity contribution in [2.75, 3.05) is 31.2 Å². The van der Waals surface area contributed by atoms with Gasteiger partial charge in [0.15, 0.2) is 11.7 Å². The van der Waals surface area contributed by atoms with Crippen LogP contribution < -0.4 is 4.90 Å². The van der Waals surface area contributed by atoms with E-state index in [0.717, 1.165) is 6.42 Å². The molecule has 1 aliphatic rings. The Labute approximate surface area is 175 Å². The number of carbonyl (C=O) groups is 2. The number of nitriles is 1. The second-order valence-corrected chi connectivity index (χ2v) is 6.94. The molecule has 2 heterocycles. The Morgan fingerprint density at radius 2 is 2.07 bits per heavy atom. The van der Waals surface area contributed by atoms with E-state index in [9.17, 15) is 14.9 Å². The molecule has 0 N–H and O–H groups in total. The molecule has 156 valence electrons. The number of anilines is 1. The lowest BCUT2D eigenvalue weighted by atomic mass is 9.97. The lowest BCUT2D eigenvalue weighted by molar-refractivity contribution is -0.148. The number of ether oxygens (including phenoxy) is 2. The second-order valence-electron chi connectivity index (χ2n) is 6.94. The Hall–Kier alpha value is -3.47. The van der Waals surface area contributed by atoms with Gasteiger partial charge in [-0.2, -0.15) is 5.26 Å². The Bertz CT molecular complexity index is 985. The highest BCUT2D eigenvalue weighted by molar-refractivity contribution is 5.85. The molecule has 0 radical (unpaired) electrons. The minimum absolute atomic E-state index is 0.00199. The summed E-state index contributed by atoms with van der Waals surface area (Å²) in [4.78, 5) is 36.0. The monoisotopic (exact) mass is 408 g/mol. The largest absolute Gasteiger partial charge is 0.466 e. The molecule has 30 heavy (non-hydrogen) atoms. The summed E-state index contributed by atoms with van der Waals surface area (Å²) >= 11 is 0. The number of hydrogen-bond acceptors (Lipinski definition) is 8. The van der Waals surface area contributed by atoms with Crippen molar-refractivity contribution in [3.05, 3.63) is 42.6 Å². The molecule has 0 amide bonds. The molecule has 0 saturated carbocycles. The highest BCUT2D eigenvalue weighted by atomic mass is 16.5. The van der Waals surface area contributed by atoms with Gasteiger partial charge in [0.25, 0.3) is 0 Å². The molecule has 1 aromatic heterocycles. The van der Waals surface area contributed by atoms with Gasteiger partial charge in [-0.1, -0.05) is 24.8 Å². The van der Waals surface area contributed by atoms with Crippen molar-refractivity contribution < 1.29 is 19.1 Å². The second kappa shape index (κ2) is 9.83. The molecule has 0 spiro atoms. The molecule has 1 fully saturated rings. The molecule has 0 unspecified atom stereocenters. The maximum absolute atomic E-state index is 12.5. The number of para-hydroxylation sites is 2. The molecule has 2 aromatic rings. The molecule has 8 heteroatoms. The van der Waals surface area contributed by atoms with E-state index in [2.05, 4.69) is 11.6 Å². The predicted octanol–water partition coefficient (Wildman–Crippen LogP) is 2.75. The van der Waals surface area contributed by atoms with Crippen LogP contribution in [0.15, 0.2) is 36.9 Å². The van der Waals surface area contributed by atoms with E-state index in [1.807, 2.05) is 29.2 Å². The van der Waals surface area contributed by atoms with E-state index in [4.69, 9.17) is 14.5 Å². The van der Waals surface area contributed by atoms with Gasteiger partial charge in [0, 0.05) is 13.1 Å². The molecule has 8 nitrogen and oxygen atoms in total. The van der Waals surface area contributed by atoms with Gasteiger partial charge in [-0.3, -0.25) is 9.59 Å². The van der Waals surface area contributed by atoms with Crippen LogP contribution >= 0.6 is 0 Å². The first kappa shape index (κ1) is 21.2. The molecule has 0 bridgehead atoms. The minimum Gasteiger partial charge on any atom is -0.466 e. The number of benzene rings is 1. The van der Waals surface area contributed by atoms with Crippen molar-refractivity contribution in [1.29, 1.82) is 5.26 Å². The van der Waals surface area contributed by atoms with Crippen molar-refractivity contribution in [3.8, 4) is 6.07 Å². The summed E-state index contributed by atoms with van der Waals surface area (Å²) in [5.74, 6) is -2.07. The first-order valence-corrected chi connectivity index (χ1v) is 9.94. The van der Waals surface area contributed by atoms with Crippen LogP contribution in [0.5, 0.6) is 0 Å². The van der Waals surface area contributed by atoms with Crippen LogP contribution in [-0.4, -0.2) is 48.2 Å². The molecule has 2 atom stereocenters. The number of piperidine rings is 1. The fourth-order valence-corrected chi connectivity index (χ4v) is 3.50. The zero-order valence-electron chi connectivity index (χ0n) is 16.9. The van der Waals surface area contributed by atoms with Crippen molar-refractivity contribution in [2.45, 2.75) is 25.7 Å². The first-order valence-electron chi connectivity index (χ1n) is 9.94. The number of aromatic nitrogens is 2. The number of hydrogen-bond donors (Lipinski definition) is 0. The average Bonchev–Trinajstić information content (AvgIpc) is 2.78.